The van der Waals surface area contributed by atoms with Gasteiger partial charge in [0.2, 0.25) is 0 Å². The average Bonchev–Trinajstić information content (AvgIpc) is 2.89. The lowest BCUT2D eigenvalue weighted by molar-refractivity contribution is 0.199. The molecule has 2 rings (SSSR count). The van der Waals surface area contributed by atoms with Gasteiger partial charge in [-0.05, 0) is 50.6 Å². The highest BCUT2D eigenvalue weighted by Gasteiger charge is 2.12. The van der Waals surface area contributed by atoms with E-state index in [4.69, 9.17) is 0 Å². The number of rotatable bonds is 5. The van der Waals surface area contributed by atoms with E-state index in [9.17, 15) is 5.11 Å². The van der Waals surface area contributed by atoms with E-state index in [1.807, 2.05) is 12.1 Å². The smallest absolute Gasteiger partial charge is 0.0761 e. The molecule has 1 saturated heterocycles. The minimum absolute atomic E-state index is 0.381. The van der Waals surface area contributed by atoms with Crippen LogP contribution in [0, 0.1) is 0 Å². The molecule has 0 amide bonds. The molecule has 1 aliphatic rings. The van der Waals surface area contributed by atoms with Gasteiger partial charge in [0.25, 0.3) is 0 Å². The summed E-state index contributed by atoms with van der Waals surface area (Å²) < 4.78 is 0. The van der Waals surface area contributed by atoms with Gasteiger partial charge >= 0.3 is 0 Å². The summed E-state index contributed by atoms with van der Waals surface area (Å²) in [5, 5.41) is 9.48. The van der Waals surface area contributed by atoms with Crippen molar-refractivity contribution in [3.63, 3.8) is 0 Å². The maximum Gasteiger partial charge on any atom is 0.0761 e. The lowest BCUT2D eigenvalue weighted by atomic mass is 10.1. The summed E-state index contributed by atoms with van der Waals surface area (Å²) in [7, 11) is 2.13. The zero-order valence-corrected chi connectivity index (χ0v) is 11.5. The van der Waals surface area contributed by atoms with Crippen molar-refractivity contribution in [1.29, 1.82) is 0 Å². The molecule has 1 aromatic carbocycles. The maximum atomic E-state index is 9.48. The van der Waals surface area contributed by atoms with Crippen LogP contribution in [0.2, 0.25) is 0 Å². The second-order valence-corrected chi connectivity index (χ2v) is 5.24. The normalized spacial score (nSPS) is 17.9. The molecule has 0 spiro atoms. The van der Waals surface area contributed by atoms with Crippen LogP contribution in [0.5, 0.6) is 0 Å². The fourth-order valence-corrected chi connectivity index (χ4v) is 2.43. The first-order valence-corrected chi connectivity index (χ1v) is 6.88. The fraction of sp³-hybridized carbons (Fsp3) is 0.600. The van der Waals surface area contributed by atoms with E-state index >= 15 is 0 Å². The monoisotopic (exact) mass is 248 g/mol. The highest BCUT2D eigenvalue weighted by Crippen LogP contribution is 2.18. The maximum absolute atomic E-state index is 9.48. The minimum Gasteiger partial charge on any atom is -0.389 e. The number of likely N-dealkylation sites (tertiary alicyclic amines) is 1. The molecule has 1 atom stereocenters. The fourth-order valence-electron chi connectivity index (χ4n) is 2.43. The van der Waals surface area contributed by atoms with Crippen molar-refractivity contribution in [2.75, 3.05) is 38.1 Å². The number of benzene rings is 1. The standard InChI is InChI=1S/C15H24N2O/c1-13(18)14-5-7-15(8-6-14)16(2)11-12-17-9-3-4-10-17/h5-8,13,18H,3-4,9-12H2,1-2H3/t13-/m0/s1. The molecular weight excluding hydrogens is 224 g/mol. The number of hydrogen-bond donors (Lipinski definition) is 1. The molecule has 0 bridgehead atoms. The molecule has 0 unspecified atom stereocenters. The summed E-state index contributed by atoms with van der Waals surface area (Å²) in [6, 6.07) is 8.19. The Morgan fingerprint density at radius 1 is 1.22 bits per heavy atom. The molecule has 1 aliphatic heterocycles. The first kappa shape index (κ1) is 13.4. The second kappa shape index (κ2) is 6.21. The molecule has 0 aliphatic carbocycles. The summed E-state index contributed by atoms with van der Waals surface area (Å²) in [5.74, 6) is 0. The van der Waals surface area contributed by atoms with Gasteiger partial charge in [-0.1, -0.05) is 12.1 Å². The molecule has 3 nitrogen and oxygen atoms in total. The highest BCUT2D eigenvalue weighted by molar-refractivity contribution is 5.47. The van der Waals surface area contributed by atoms with Crippen LogP contribution in [0.25, 0.3) is 0 Å². The second-order valence-electron chi connectivity index (χ2n) is 5.24. The molecule has 1 N–H and O–H groups in total. The van der Waals surface area contributed by atoms with Crippen molar-refractivity contribution in [3.05, 3.63) is 29.8 Å². The molecule has 1 aromatic rings. The number of aliphatic hydroxyl groups excluding tert-OH is 1. The Morgan fingerprint density at radius 2 is 1.83 bits per heavy atom. The number of aliphatic hydroxyl groups is 1. The molecule has 1 fully saturated rings. The van der Waals surface area contributed by atoms with Gasteiger partial charge in [0.05, 0.1) is 6.10 Å². The largest absolute Gasteiger partial charge is 0.389 e. The van der Waals surface area contributed by atoms with E-state index in [1.54, 1.807) is 6.92 Å². The molecular formula is C15H24N2O. The van der Waals surface area contributed by atoms with Crippen molar-refractivity contribution >= 4 is 5.69 Å². The van der Waals surface area contributed by atoms with E-state index < -0.39 is 0 Å². The van der Waals surface area contributed by atoms with Crippen LogP contribution in [-0.4, -0.2) is 43.2 Å². The Morgan fingerprint density at radius 3 is 2.39 bits per heavy atom. The highest BCUT2D eigenvalue weighted by atomic mass is 16.3. The molecule has 3 heteroatoms. The molecule has 1 heterocycles. The summed E-state index contributed by atoms with van der Waals surface area (Å²) >= 11 is 0. The van der Waals surface area contributed by atoms with Gasteiger partial charge in [-0.15, -0.1) is 0 Å². The van der Waals surface area contributed by atoms with E-state index in [2.05, 4.69) is 29.0 Å². The lowest BCUT2D eigenvalue weighted by Crippen LogP contribution is -2.31. The van der Waals surface area contributed by atoms with Crippen LogP contribution in [0.3, 0.4) is 0 Å². The van der Waals surface area contributed by atoms with E-state index in [0.717, 1.165) is 18.7 Å². The summed E-state index contributed by atoms with van der Waals surface area (Å²) in [6.07, 6.45) is 2.33. The van der Waals surface area contributed by atoms with Gasteiger partial charge in [0.15, 0.2) is 0 Å². The predicted molar refractivity (Wildman–Crippen MR) is 76.0 cm³/mol. The Hall–Kier alpha value is -1.06. The summed E-state index contributed by atoms with van der Waals surface area (Å²) in [6.45, 7) is 6.53. The van der Waals surface area contributed by atoms with Gasteiger partial charge in [0, 0.05) is 25.8 Å². The average molecular weight is 248 g/mol. The van der Waals surface area contributed by atoms with E-state index in [1.165, 1.54) is 31.6 Å². The van der Waals surface area contributed by atoms with E-state index in [0.29, 0.717) is 0 Å². The van der Waals surface area contributed by atoms with Crippen molar-refractivity contribution in [2.45, 2.75) is 25.9 Å². The van der Waals surface area contributed by atoms with Crippen molar-refractivity contribution in [3.8, 4) is 0 Å². The van der Waals surface area contributed by atoms with Crippen LogP contribution < -0.4 is 4.90 Å². The predicted octanol–water partition coefficient (Wildman–Crippen LogP) is 2.27. The first-order valence-electron chi connectivity index (χ1n) is 6.88. The van der Waals surface area contributed by atoms with E-state index in [-0.39, 0.29) is 6.10 Å². The third kappa shape index (κ3) is 3.47. The van der Waals surface area contributed by atoms with Crippen LogP contribution in [-0.2, 0) is 0 Å². The van der Waals surface area contributed by atoms with Gasteiger partial charge in [-0.25, -0.2) is 0 Å². The summed E-state index contributed by atoms with van der Waals surface area (Å²) in [5.41, 5.74) is 2.20. The SMILES string of the molecule is C[C@H](O)c1ccc(N(C)CCN2CCCC2)cc1. The number of nitrogens with zero attached hydrogens (tertiary/aromatic N) is 2. The Kier molecular flexibility index (Phi) is 4.61. The Bertz CT molecular complexity index is 355. The van der Waals surface area contributed by atoms with Crippen LogP contribution in [0.1, 0.15) is 31.4 Å². The molecule has 100 valence electrons. The van der Waals surface area contributed by atoms with Gasteiger partial charge in [0.1, 0.15) is 0 Å². The number of hydrogen-bond acceptors (Lipinski definition) is 3. The minimum atomic E-state index is -0.381. The summed E-state index contributed by atoms with van der Waals surface area (Å²) in [4.78, 5) is 4.81. The van der Waals surface area contributed by atoms with Gasteiger partial charge in [-0.3, -0.25) is 0 Å². The van der Waals surface area contributed by atoms with Crippen LogP contribution >= 0.6 is 0 Å². The molecule has 0 aromatic heterocycles. The topological polar surface area (TPSA) is 26.7 Å². The van der Waals surface area contributed by atoms with Gasteiger partial charge in [-0.2, -0.15) is 0 Å². The van der Waals surface area contributed by atoms with Crippen molar-refractivity contribution < 1.29 is 5.11 Å². The Balaban J connectivity index is 1.85. The Labute approximate surface area is 110 Å². The molecule has 18 heavy (non-hydrogen) atoms. The zero-order valence-electron chi connectivity index (χ0n) is 11.5. The zero-order chi connectivity index (χ0) is 13.0. The van der Waals surface area contributed by atoms with Crippen molar-refractivity contribution in [1.82, 2.24) is 4.90 Å². The third-order valence-electron chi connectivity index (χ3n) is 3.77. The van der Waals surface area contributed by atoms with Gasteiger partial charge < -0.3 is 14.9 Å². The third-order valence-corrected chi connectivity index (χ3v) is 3.77. The quantitative estimate of drug-likeness (QED) is 0.866. The van der Waals surface area contributed by atoms with Crippen LogP contribution in [0.4, 0.5) is 5.69 Å². The van der Waals surface area contributed by atoms with Crippen molar-refractivity contribution in [2.24, 2.45) is 0 Å². The molecule has 0 radical (unpaired) electrons. The number of anilines is 1. The molecule has 0 saturated carbocycles. The lowest BCUT2D eigenvalue weighted by Gasteiger charge is -2.23. The first-order chi connectivity index (χ1) is 8.66. The van der Waals surface area contributed by atoms with Crippen LogP contribution in [0.15, 0.2) is 24.3 Å². The number of likely N-dealkylation sites (N-methyl/N-ethyl adjacent to an activating group) is 1.